The van der Waals surface area contributed by atoms with Crippen molar-refractivity contribution in [1.29, 1.82) is 0 Å². The number of aryl methyl sites for hydroxylation is 2. The van der Waals surface area contributed by atoms with Gasteiger partial charge in [-0.3, -0.25) is 0 Å². The van der Waals surface area contributed by atoms with Gasteiger partial charge < -0.3 is 67.5 Å². The van der Waals surface area contributed by atoms with E-state index >= 15 is 0 Å². The molecule has 0 aromatic heterocycles. The first kappa shape index (κ1) is 49.6. The van der Waals surface area contributed by atoms with Gasteiger partial charge in [0.25, 0.3) is 0 Å². The Bertz CT molecular complexity index is 1570. The van der Waals surface area contributed by atoms with Gasteiger partial charge in [-0.2, -0.15) is 0 Å². The van der Waals surface area contributed by atoms with Crippen molar-refractivity contribution >= 4 is 17.1 Å². The van der Waals surface area contributed by atoms with Crippen LogP contribution in [-0.4, -0.2) is 177 Å². The summed E-state index contributed by atoms with van der Waals surface area (Å²) >= 11 is 0. The molecule has 0 fully saturated rings. The molecule has 62 heavy (non-hydrogen) atoms. The van der Waals surface area contributed by atoms with E-state index in [4.69, 9.17) is 52.8 Å². The molecule has 0 radical (unpaired) electrons. The molecule has 0 saturated heterocycles. The third-order valence-electron chi connectivity index (χ3n) is 11.2. The zero-order valence-corrected chi connectivity index (χ0v) is 37.6. The zero-order valence-electron chi connectivity index (χ0n) is 37.6. The molecule has 14 heteroatoms. The van der Waals surface area contributed by atoms with Crippen molar-refractivity contribution in [1.82, 2.24) is 0 Å². The molecule has 2 heterocycles. The molecule has 0 bridgehead atoms. The normalized spacial score (nSPS) is 14.0. The summed E-state index contributed by atoms with van der Waals surface area (Å²) in [4.78, 5) is 7.01. The summed E-state index contributed by atoms with van der Waals surface area (Å²) in [5, 5.41) is 17.5. The number of aliphatic hydroxyl groups is 2. The number of benzene rings is 3. The van der Waals surface area contributed by atoms with Crippen LogP contribution >= 0.6 is 0 Å². The second-order valence-electron chi connectivity index (χ2n) is 15.5. The SMILES string of the molecule is COC(c1ccc(N(C)C)cc1)(c1ccc2c(c1)CCCN2CCOCCOCCOCCOCCO)c1ccc2c(c1)CCCN2CCOCCOCCOCCOCCO. The van der Waals surface area contributed by atoms with Crippen molar-refractivity contribution in [3.8, 4) is 0 Å². The number of aliphatic hydroxyl groups excluding tert-OH is 2. The summed E-state index contributed by atoms with van der Waals surface area (Å²) in [7, 11) is 5.97. The highest BCUT2D eigenvalue weighted by Gasteiger charge is 2.38. The molecule has 0 amide bonds. The second-order valence-corrected chi connectivity index (χ2v) is 15.5. The Hall–Kier alpha value is -3.38. The van der Waals surface area contributed by atoms with Crippen molar-refractivity contribution in [2.24, 2.45) is 0 Å². The van der Waals surface area contributed by atoms with E-state index in [0.29, 0.717) is 106 Å². The van der Waals surface area contributed by atoms with Crippen molar-refractivity contribution in [2.45, 2.75) is 31.3 Å². The largest absolute Gasteiger partial charge is 0.394 e. The number of fused-ring (bicyclic) bond motifs is 2. The topological polar surface area (TPSA) is 133 Å². The van der Waals surface area contributed by atoms with Gasteiger partial charge in [-0.25, -0.2) is 0 Å². The zero-order chi connectivity index (χ0) is 43.7. The number of nitrogens with zero attached hydrogens (tertiary/aromatic N) is 3. The minimum atomic E-state index is -0.816. The van der Waals surface area contributed by atoms with Crippen molar-refractivity contribution < 1.29 is 52.8 Å². The van der Waals surface area contributed by atoms with Gasteiger partial charge in [-0.05, 0) is 77.8 Å². The average Bonchev–Trinajstić information content (AvgIpc) is 3.30. The van der Waals surface area contributed by atoms with E-state index < -0.39 is 5.60 Å². The van der Waals surface area contributed by atoms with Gasteiger partial charge in [0, 0.05) is 64.4 Å². The maximum absolute atomic E-state index is 8.75. The van der Waals surface area contributed by atoms with Crippen molar-refractivity contribution in [3.63, 3.8) is 0 Å². The minimum Gasteiger partial charge on any atom is -0.394 e. The fourth-order valence-electron chi connectivity index (χ4n) is 8.10. The molecule has 0 aliphatic carbocycles. The van der Waals surface area contributed by atoms with E-state index in [1.54, 1.807) is 0 Å². The first-order chi connectivity index (χ1) is 30.5. The minimum absolute atomic E-state index is 0.0226. The standard InChI is InChI=1S/C48H73N3O11/c1-49(2)45-12-8-42(9-13-45)48(54-3,43-10-14-46-40(38-43)6-4-16-50(46)18-22-55-26-30-59-34-36-61-32-28-57-24-20-52)44-11-15-47-41(39-44)7-5-17-51(47)19-23-56-27-31-60-35-37-62-33-29-58-25-21-53/h8-15,38-39,52-53H,4-7,16-37H2,1-3H3. The summed E-state index contributed by atoms with van der Waals surface area (Å²) in [6.07, 6.45) is 4.17. The molecule has 2 aliphatic heterocycles. The predicted octanol–water partition coefficient (Wildman–Crippen LogP) is 4.31. The van der Waals surface area contributed by atoms with Crippen LogP contribution in [0.1, 0.15) is 40.7 Å². The van der Waals surface area contributed by atoms with Gasteiger partial charge in [-0.15, -0.1) is 0 Å². The third-order valence-corrected chi connectivity index (χ3v) is 11.2. The van der Waals surface area contributed by atoms with E-state index in [1.807, 2.05) is 7.11 Å². The Balaban J connectivity index is 1.19. The van der Waals surface area contributed by atoms with Gasteiger partial charge in [0.1, 0.15) is 5.60 Å². The molecule has 5 rings (SSSR count). The Morgan fingerprint density at radius 2 is 0.839 bits per heavy atom. The van der Waals surface area contributed by atoms with Crippen LogP contribution in [0.4, 0.5) is 17.1 Å². The molecule has 0 spiro atoms. The van der Waals surface area contributed by atoms with Gasteiger partial charge in [0.05, 0.1) is 119 Å². The number of rotatable bonds is 33. The van der Waals surface area contributed by atoms with Crippen LogP contribution in [0.15, 0.2) is 60.7 Å². The van der Waals surface area contributed by atoms with Crippen LogP contribution in [0.3, 0.4) is 0 Å². The highest BCUT2D eigenvalue weighted by Crippen LogP contribution is 2.44. The molecule has 3 aromatic carbocycles. The van der Waals surface area contributed by atoms with Crippen LogP contribution in [0, 0.1) is 0 Å². The molecule has 0 atom stereocenters. The van der Waals surface area contributed by atoms with Gasteiger partial charge in [0.15, 0.2) is 0 Å². The summed E-state index contributed by atoms with van der Waals surface area (Å²) in [6, 6.07) is 22.6. The van der Waals surface area contributed by atoms with Crippen molar-refractivity contribution in [3.05, 3.63) is 88.5 Å². The van der Waals surface area contributed by atoms with Gasteiger partial charge in [0.2, 0.25) is 0 Å². The first-order valence-electron chi connectivity index (χ1n) is 22.4. The van der Waals surface area contributed by atoms with E-state index in [1.165, 1.54) is 22.5 Å². The number of hydrogen-bond donors (Lipinski definition) is 2. The van der Waals surface area contributed by atoms with E-state index in [9.17, 15) is 0 Å². The fraction of sp³-hybridized carbons (Fsp3) is 0.625. The molecule has 14 nitrogen and oxygen atoms in total. The Kier molecular flexibility index (Phi) is 22.8. The van der Waals surface area contributed by atoms with Gasteiger partial charge >= 0.3 is 0 Å². The lowest BCUT2D eigenvalue weighted by Crippen LogP contribution is -2.36. The highest BCUT2D eigenvalue weighted by atomic mass is 16.6. The number of hydrogen-bond acceptors (Lipinski definition) is 14. The molecule has 3 aromatic rings. The smallest absolute Gasteiger partial charge is 0.143 e. The molecular weight excluding hydrogens is 795 g/mol. The molecule has 0 saturated carbocycles. The number of methoxy groups -OCH3 is 1. The summed E-state index contributed by atoms with van der Waals surface area (Å²) in [5.41, 5.74) is 8.83. The molecule has 2 N–H and O–H groups in total. The summed E-state index contributed by atoms with van der Waals surface area (Å²) in [6.45, 7) is 11.6. The number of ether oxygens (including phenoxy) is 9. The van der Waals surface area contributed by atoms with E-state index in [2.05, 4.69) is 89.5 Å². The van der Waals surface area contributed by atoms with Crippen LogP contribution < -0.4 is 14.7 Å². The molecule has 2 aliphatic rings. The fourth-order valence-corrected chi connectivity index (χ4v) is 8.10. The van der Waals surface area contributed by atoms with Gasteiger partial charge in [-0.1, -0.05) is 36.4 Å². The van der Waals surface area contributed by atoms with Crippen LogP contribution in [0.2, 0.25) is 0 Å². The van der Waals surface area contributed by atoms with E-state index in [0.717, 1.165) is 74.2 Å². The molecule has 0 unspecified atom stereocenters. The lowest BCUT2D eigenvalue weighted by molar-refractivity contribution is -0.00491. The Morgan fingerprint density at radius 1 is 0.484 bits per heavy atom. The van der Waals surface area contributed by atoms with Crippen LogP contribution in [0.25, 0.3) is 0 Å². The van der Waals surface area contributed by atoms with Crippen LogP contribution in [-0.2, 0) is 61.1 Å². The number of anilines is 3. The lowest BCUT2D eigenvalue weighted by Gasteiger charge is -2.38. The average molecular weight is 868 g/mol. The van der Waals surface area contributed by atoms with Crippen LogP contribution in [0.5, 0.6) is 0 Å². The monoisotopic (exact) mass is 868 g/mol. The lowest BCUT2D eigenvalue weighted by atomic mass is 9.77. The van der Waals surface area contributed by atoms with Crippen molar-refractivity contribution in [2.75, 3.05) is 181 Å². The highest BCUT2D eigenvalue weighted by molar-refractivity contribution is 5.63. The maximum Gasteiger partial charge on any atom is 0.143 e. The Morgan fingerprint density at radius 3 is 1.19 bits per heavy atom. The molecular formula is C48H73N3O11. The summed E-state index contributed by atoms with van der Waals surface area (Å²) in [5.74, 6) is 0. The maximum atomic E-state index is 8.75. The van der Waals surface area contributed by atoms with E-state index in [-0.39, 0.29) is 13.2 Å². The second kappa shape index (κ2) is 28.4. The predicted molar refractivity (Wildman–Crippen MR) is 242 cm³/mol. The third kappa shape index (κ3) is 15.1. The Labute approximate surface area is 369 Å². The quantitative estimate of drug-likeness (QED) is 0.0666. The first-order valence-corrected chi connectivity index (χ1v) is 22.4. The molecule has 346 valence electrons. The summed E-state index contributed by atoms with van der Waals surface area (Å²) < 4.78 is 51.4.